The lowest BCUT2D eigenvalue weighted by Crippen LogP contribution is -2.58. The third-order valence-corrected chi connectivity index (χ3v) is 14.7. The van der Waals surface area contributed by atoms with E-state index in [0.717, 1.165) is 16.7 Å². The van der Waals surface area contributed by atoms with Crippen molar-refractivity contribution in [3.63, 3.8) is 0 Å². The van der Waals surface area contributed by atoms with Crippen LogP contribution >= 0.6 is 7.82 Å². The molecule has 0 aromatic carbocycles. The van der Waals surface area contributed by atoms with Gasteiger partial charge in [0, 0.05) is 68.3 Å². The molecule has 0 saturated carbocycles. The number of nitriles is 1. The van der Waals surface area contributed by atoms with Gasteiger partial charge in [0.2, 0.25) is 0 Å². The summed E-state index contributed by atoms with van der Waals surface area (Å²) >= 11 is 0. The van der Waals surface area contributed by atoms with Gasteiger partial charge in [0.1, 0.15) is 30.3 Å². The normalized spacial score (nSPS) is 27.8. The maximum atomic E-state index is 12.8. The van der Waals surface area contributed by atoms with E-state index >= 15 is 0 Å². The first-order valence-electron chi connectivity index (χ1n) is 24.2. The highest BCUT2D eigenvalue weighted by Crippen LogP contribution is 2.59. The number of hydrogen-bond acceptors (Lipinski definition) is 16. The van der Waals surface area contributed by atoms with Crippen LogP contribution in [0.3, 0.4) is 0 Å². The van der Waals surface area contributed by atoms with Crippen molar-refractivity contribution < 1.29 is 72.6 Å². The Kier molecular flexibility index (Phi) is 23.7. The number of hydrogen-bond donors (Lipinski definition) is 8. The van der Waals surface area contributed by atoms with E-state index in [4.69, 9.17) is 33.2 Å². The molecule has 2 saturated heterocycles. The Labute approximate surface area is 420 Å². The Morgan fingerprint density at radius 1 is 1.06 bits per heavy atom. The summed E-state index contributed by atoms with van der Waals surface area (Å²) in [4.78, 5) is 39.5. The van der Waals surface area contributed by atoms with Crippen LogP contribution in [0.2, 0.25) is 0 Å². The van der Waals surface area contributed by atoms with Gasteiger partial charge < -0.3 is 68.9 Å². The molecule has 20 heteroatoms. The molecule has 0 aliphatic carbocycles. The van der Waals surface area contributed by atoms with E-state index in [-0.39, 0.29) is 37.7 Å². The van der Waals surface area contributed by atoms with Crippen LogP contribution in [0.5, 0.6) is 0 Å². The highest BCUT2D eigenvalue weighted by atomic mass is 31.2. The first-order valence-corrected chi connectivity index (χ1v) is 25.8. The van der Waals surface area contributed by atoms with E-state index in [1.165, 1.54) is 26.6 Å². The standard InChI is InChI=1S/C51H83N4O15P/c1-29(21-22-52)17-15-18-30(2)31(3)23-32(4)43(58)36(8)39(56)25-42(66-14)46-47(70-71(62,63)64)50(9,10)51(69-46)26-40(57)35(7)41(68-51)20-16-19-37-27-67-49(54-37)33(5)24-34(6)53-48(61)45(60)44(59)38(28-65-13)55(11)12/h15-19,21,23,27,32-36,38-47,56-60H,20,24-26,28H2,1-14H3,(H,53,61)(H2,62,63,64)/b17-15+,19-16+,29-21-,30-18+,31-23+/t32-,33+,34-,35+,36+,38-,39+,40-,41+,42+,43-,44-,45-,46-,47+,51-/m1/s1. The van der Waals surface area contributed by atoms with Gasteiger partial charge in [0.25, 0.3) is 5.91 Å². The van der Waals surface area contributed by atoms with Crippen LogP contribution in [0.15, 0.2) is 63.9 Å². The Balaban J connectivity index is 1.76. The molecule has 2 fully saturated rings. The number of rotatable bonds is 26. The van der Waals surface area contributed by atoms with Crippen LogP contribution in [0.1, 0.15) is 112 Å². The fourth-order valence-corrected chi connectivity index (χ4v) is 10.0. The minimum Gasteiger partial charge on any atom is -0.448 e. The molecule has 1 aromatic heterocycles. The van der Waals surface area contributed by atoms with E-state index in [2.05, 4.69) is 10.3 Å². The van der Waals surface area contributed by atoms with Gasteiger partial charge in [-0.25, -0.2) is 9.55 Å². The number of allylic oxidation sites excluding steroid dienone is 7. The number of methoxy groups -OCH3 is 2. The van der Waals surface area contributed by atoms with Crippen LogP contribution in [0, 0.1) is 34.5 Å². The van der Waals surface area contributed by atoms with Crippen molar-refractivity contribution in [1.82, 2.24) is 15.2 Å². The number of carbonyl (C=O) groups excluding carboxylic acids is 1. The highest BCUT2D eigenvalue weighted by molar-refractivity contribution is 7.46. The summed E-state index contributed by atoms with van der Waals surface area (Å²) in [5.41, 5.74) is 1.87. The van der Waals surface area contributed by atoms with Gasteiger partial charge in [0.05, 0.1) is 49.2 Å². The lowest BCUT2D eigenvalue weighted by molar-refractivity contribution is -0.334. The lowest BCUT2D eigenvalue weighted by atomic mass is 9.72. The van der Waals surface area contributed by atoms with Gasteiger partial charge in [-0.1, -0.05) is 77.5 Å². The second kappa shape index (κ2) is 27.2. The molecule has 2 aliphatic rings. The number of nitrogens with zero attached hydrogens (tertiary/aromatic N) is 3. The molecule has 402 valence electrons. The Morgan fingerprint density at radius 3 is 2.31 bits per heavy atom. The van der Waals surface area contributed by atoms with Gasteiger partial charge in [-0.3, -0.25) is 9.32 Å². The minimum absolute atomic E-state index is 0.0661. The van der Waals surface area contributed by atoms with Crippen LogP contribution in [0.25, 0.3) is 6.08 Å². The molecule has 0 unspecified atom stereocenters. The number of aliphatic hydroxyl groups excluding tert-OH is 5. The molecule has 3 rings (SSSR count). The lowest BCUT2D eigenvalue weighted by Gasteiger charge is -2.50. The van der Waals surface area contributed by atoms with Crippen molar-refractivity contribution in [1.29, 1.82) is 5.26 Å². The van der Waals surface area contributed by atoms with E-state index < -0.39 is 104 Å². The first kappa shape index (κ1) is 61.9. The van der Waals surface area contributed by atoms with Crippen molar-refractivity contribution in [2.75, 3.05) is 34.9 Å². The average molecular weight is 1020 g/mol. The van der Waals surface area contributed by atoms with E-state index in [1.807, 2.05) is 78.0 Å². The Hall–Kier alpha value is -3.42. The molecule has 71 heavy (non-hydrogen) atoms. The second-order valence-corrected chi connectivity index (χ2v) is 21.6. The van der Waals surface area contributed by atoms with Crippen molar-refractivity contribution in [3.8, 4) is 6.07 Å². The molecule has 3 heterocycles. The number of nitrogens with one attached hydrogen (secondary N) is 1. The molecule has 1 aromatic rings. The number of amides is 1. The van der Waals surface area contributed by atoms with Crippen molar-refractivity contribution >= 4 is 19.8 Å². The molecule has 8 N–H and O–H groups in total. The van der Waals surface area contributed by atoms with Gasteiger partial charge in [-0.15, -0.1) is 0 Å². The molecule has 0 radical (unpaired) electrons. The fourth-order valence-electron chi connectivity index (χ4n) is 9.34. The van der Waals surface area contributed by atoms with Gasteiger partial charge >= 0.3 is 7.82 Å². The second-order valence-electron chi connectivity index (χ2n) is 20.4. The number of likely N-dealkylation sites (N-methyl/N-ethyl adjacent to an activating group) is 1. The Bertz CT molecular complexity index is 2110. The molecule has 0 bridgehead atoms. The molecular weight excluding hydrogens is 940 g/mol. The highest BCUT2D eigenvalue weighted by Gasteiger charge is 2.68. The number of oxazole rings is 1. The molecular formula is C51H83N4O15P. The van der Waals surface area contributed by atoms with Gasteiger partial charge in [-0.05, 0) is 71.9 Å². The number of phosphoric ester groups is 1. The van der Waals surface area contributed by atoms with Gasteiger partial charge in [0.15, 0.2) is 17.8 Å². The minimum atomic E-state index is -5.16. The SMILES string of the molecule is COC[C@H]([C@@H](O)[C@@H](O)C(=O)N[C@H](C)C[C@H](C)c1nc(/C=C/C[C@@H]2O[C@]3(C[C@@H](O)[C@@H]2C)O[C@H]([C@H](C[C@H](O)[C@H](C)[C@H](O)[C@H](C)/C=C(C)/C(C)=C/C=C/C(C)=C\C#N)OC)[C@H](OP(=O)(O)O)C3(C)C)co1)N(C)C. The van der Waals surface area contributed by atoms with E-state index in [0.29, 0.717) is 18.0 Å². The number of aromatic nitrogens is 1. The maximum absolute atomic E-state index is 12.8. The van der Waals surface area contributed by atoms with Gasteiger partial charge in [-0.2, -0.15) is 5.26 Å². The maximum Gasteiger partial charge on any atom is 0.469 e. The fraction of sp³-hybridized carbons (Fsp3) is 0.706. The van der Waals surface area contributed by atoms with Crippen LogP contribution in [0.4, 0.5) is 0 Å². The van der Waals surface area contributed by atoms with E-state index in [1.54, 1.807) is 52.8 Å². The van der Waals surface area contributed by atoms with Crippen molar-refractivity contribution in [3.05, 3.63) is 71.0 Å². The summed E-state index contributed by atoms with van der Waals surface area (Å²) in [7, 11) is 1.13. The summed E-state index contributed by atoms with van der Waals surface area (Å²) in [6.45, 7) is 18.2. The van der Waals surface area contributed by atoms with E-state index in [9.17, 15) is 44.7 Å². The number of phosphoric acid groups is 1. The summed E-state index contributed by atoms with van der Waals surface area (Å²) in [6, 6.07) is 0.980. The van der Waals surface area contributed by atoms with Crippen molar-refractivity contribution in [2.24, 2.45) is 23.2 Å². The topological polar surface area (TPSA) is 287 Å². The third kappa shape index (κ3) is 16.8. The number of ether oxygens (including phenoxy) is 4. The summed E-state index contributed by atoms with van der Waals surface area (Å²) in [6.07, 6.45) is 4.05. The predicted molar refractivity (Wildman–Crippen MR) is 267 cm³/mol. The monoisotopic (exact) mass is 1020 g/mol. The Morgan fingerprint density at radius 2 is 1.72 bits per heavy atom. The molecule has 16 atom stereocenters. The molecule has 2 aliphatic heterocycles. The summed E-state index contributed by atoms with van der Waals surface area (Å²) in [5, 5.41) is 67.4. The summed E-state index contributed by atoms with van der Waals surface area (Å²) in [5.74, 6) is -3.67. The zero-order valence-electron chi connectivity index (χ0n) is 44.0. The van der Waals surface area contributed by atoms with Crippen LogP contribution < -0.4 is 5.32 Å². The number of aliphatic hydroxyl groups is 5. The average Bonchev–Trinajstić information content (AvgIpc) is 3.84. The molecule has 19 nitrogen and oxygen atoms in total. The largest absolute Gasteiger partial charge is 0.469 e. The first-order chi connectivity index (χ1) is 33.0. The van der Waals surface area contributed by atoms with Crippen LogP contribution in [-0.2, 0) is 32.8 Å². The predicted octanol–water partition coefficient (Wildman–Crippen LogP) is 5.08. The summed E-state index contributed by atoms with van der Waals surface area (Å²) < 4.78 is 48.3. The molecule has 1 spiro atoms. The van der Waals surface area contributed by atoms with Crippen LogP contribution in [-0.4, -0.2) is 159 Å². The zero-order valence-corrected chi connectivity index (χ0v) is 44.9. The molecule has 1 amide bonds. The zero-order chi connectivity index (χ0) is 53.8. The third-order valence-electron chi connectivity index (χ3n) is 14.2. The number of carbonyl (C=O) groups is 1. The van der Waals surface area contributed by atoms with Crippen molar-refractivity contribution in [2.45, 2.75) is 174 Å². The quantitative estimate of drug-likeness (QED) is 0.0341. The smallest absolute Gasteiger partial charge is 0.448 e.